The van der Waals surface area contributed by atoms with Crippen LogP contribution in [0.3, 0.4) is 0 Å². The van der Waals surface area contributed by atoms with E-state index in [0.29, 0.717) is 10.8 Å². The molecule has 0 radical (unpaired) electrons. The van der Waals surface area contributed by atoms with Gasteiger partial charge in [-0.1, -0.05) is 27.5 Å². The second-order valence-electron chi connectivity index (χ2n) is 4.30. The van der Waals surface area contributed by atoms with Gasteiger partial charge in [-0.25, -0.2) is 0 Å². The van der Waals surface area contributed by atoms with Crippen molar-refractivity contribution in [3.8, 4) is 5.75 Å². The summed E-state index contributed by atoms with van der Waals surface area (Å²) in [6, 6.07) is 8.05. The molecular formula is C14H11BrClN3O4S. The Morgan fingerprint density at radius 1 is 1.29 bits per heavy atom. The maximum Gasteiger partial charge on any atom is 0.293 e. The van der Waals surface area contributed by atoms with Crippen molar-refractivity contribution in [1.82, 2.24) is 16.2 Å². The number of carbonyl (C=O) groups is 2. The zero-order chi connectivity index (χ0) is 17.5. The highest BCUT2D eigenvalue weighted by atomic mass is 79.9. The number of hydrogen-bond donors (Lipinski definition) is 3. The van der Waals surface area contributed by atoms with Crippen LogP contribution in [0.2, 0.25) is 5.02 Å². The van der Waals surface area contributed by atoms with Gasteiger partial charge in [0.25, 0.3) is 11.8 Å². The minimum absolute atomic E-state index is 0.0913. The Morgan fingerprint density at radius 3 is 2.75 bits per heavy atom. The van der Waals surface area contributed by atoms with Crippen molar-refractivity contribution in [2.75, 3.05) is 6.61 Å². The van der Waals surface area contributed by atoms with Crippen LogP contribution in [0.15, 0.2) is 45.5 Å². The number of hydrazine groups is 1. The molecule has 24 heavy (non-hydrogen) atoms. The molecule has 1 heterocycles. The van der Waals surface area contributed by atoms with Crippen LogP contribution in [-0.2, 0) is 4.79 Å². The van der Waals surface area contributed by atoms with Crippen molar-refractivity contribution in [3.63, 3.8) is 0 Å². The summed E-state index contributed by atoms with van der Waals surface area (Å²) >= 11 is 14.1. The van der Waals surface area contributed by atoms with Gasteiger partial charge in [-0.3, -0.25) is 25.8 Å². The maximum absolute atomic E-state index is 11.7. The summed E-state index contributed by atoms with van der Waals surface area (Å²) in [7, 11) is 0. The van der Waals surface area contributed by atoms with Crippen LogP contribution in [0.5, 0.6) is 5.75 Å². The molecule has 1 aromatic heterocycles. The Bertz CT molecular complexity index is 754. The van der Waals surface area contributed by atoms with Gasteiger partial charge in [0.15, 0.2) is 17.5 Å². The standard InChI is InChI=1S/C14H11BrClN3O4S/c15-8-3-4-10(9(16)6-8)23-7-12(20)18-19-14(24)17-13(21)11-2-1-5-22-11/h1-6H,7H2,(H,18,20)(H2,17,19,21,24). The van der Waals surface area contributed by atoms with E-state index in [2.05, 4.69) is 32.1 Å². The SMILES string of the molecule is O=C(COc1ccc(Br)cc1Cl)NNC(=S)NC(=O)c1ccco1. The zero-order valence-corrected chi connectivity index (χ0v) is 15.1. The zero-order valence-electron chi connectivity index (χ0n) is 12.0. The van der Waals surface area contributed by atoms with E-state index in [4.69, 9.17) is 33.0 Å². The smallest absolute Gasteiger partial charge is 0.293 e. The number of carbonyl (C=O) groups excluding carboxylic acids is 2. The van der Waals surface area contributed by atoms with Crippen LogP contribution in [-0.4, -0.2) is 23.5 Å². The molecule has 0 atom stereocenters. The van der Waals surface area contributed by atoms with Gasteiger partial charge in [0.2, 0.25) is 0 Å². The molecule has 1 aromatic carbocycles. The quantitative estimate of drug-likeness (QED) is 0.508. The van der Waals surface area contributed by atoms with Gasteiger partial charge in [-0.2, -0.15) is 0 Å². The van der Waals surface area contributed by atoms with E-state index >= 15 is 0 Å². The fraction of sp³-hybridized carbons (Fsp3) is 0.0714. The van der Waals surface area contributed by atoms with Crippen molar-refractivity contribution >= 4 is 56.7 Å². The molecule has 0 saturated heterocycles. The Morgan fingerprint density at radius 2 is 2.08 bits per heavy atom. The number of halogens is 2. The van der Waals surface area contributed by atoms with Gasteiger partial charge in [0.05, 0.1) is 11.3 Å². The molecular weight excluding hydrogens is 422 g/mol. The van der Waals surface area contributed by atoms with Crippen molar-refractivity contribution in [3.05, 3.63) is 51.9 Å². The second-order valence-corrected chi connectivity index (χ2v) is 6.03. The molecule has 2 rings (SSSR count). The Kier molecular flexibility index (Phi) is 6.59. The van der Waals surface area contributed by atoms with Crippen LogP contribution in [0.1, 0.15) is 10.6 Å². The third-order valence-electron chi connectivity index (χ3n) is 2.54. The van der Waals surface area contributed by atoms with E-state index < -0.39 is 11.8 Å². The molecule has 0 aliphatic heterocycles. The molecule has 3 N–H and O–H groups in total. The van der Waals surface area contributed by atoms with Gasteiger partial charge in [0, 0.05) is 4.47 Å². The number of ether oxygens (including phenoxy) is 1. The number of thiocarbonyl (C=S) groups is 1. The number of rotatable bonds is 4. The normalized spacial score (nSPS) is 9.92. The van der Waals surface area contributed by atoms with Gasteiger partial charge in [0.1, 0.15) is 5.75 Å². The Hall–Kier alpha value is -2.10. The summed E-state index contributed by atoms with van der Waals surface area (Å²) in [6.45, 7) is -0.289. The lowest BCUT2D eigenvalue weighted by atomic mass is 10.3. The summed E-state index contributed by atoms with van der Waals surface area (Å²) in [4.78, 5) is 23.3. The van der Waals surface area contributed by atoms with Gasteiger partial charge in [-0.05, 0) is 42.5 Å². The molecule has 0 unspecified atom stereocenters. The molecule has 0 aliphatic carbocycles. The average Bonchev–Trinajstić information content (AvgIpc) is 3.06. The lowest BCUT2D eigenvalue weighted by Gasteiger charge is -2.11. The minimum Gasteiger partial charge on any atom is -0.482 e. The van der Waals surface area contributed by atoms with Crippen molar-refractivity contribution in [2.45, 2.75) is 0 Å². The fourth-order valence-corrected chi connectivity index (χ4v) is 2.37. The summed E-state index contributed by atoms with van der Waals surface area (Å²) in [5.41, 5.74) is 4.65. The fourth-order valence-electron chi connectivity index (χ4n) is 1.50. The van der Waals surface area contributed by atoms with Gasteiger partial charge < -0.3 is 9.15 Å². The third-order valence-corrected chi connectivity index (χ3v) is 3.53. The average molecular weight is 433 g/mol. The number of nitrogens with one attached hydrogen (secondary N) is 3. The summed E-state index contributed by atoms with van der Waals surface area (Å²) in [5.74, 6) is -0.587. The molecule has 126 valence electrons. The van der Waals surface area contributed by atoms with E-state index in [0.717, 1.165) is 4.47 Å². The van der Waals surface area contributed by atoms with Crippen molar-refractivity contribution < 1.29 is 18.7 Å². The van der Waals surface area contributed by atoms with Crippen molar-refractivity contribution in [2.24, 2.45) is 0 Å². The summed E-state index contributed by atoms with van der Waals surface area (Å²) in [6.07, 6.45) is 1.36. The first kappa shape index (κ1) is 18.2. The van der Waals surface area contributed by atoms with E-state index in [1.807, 2.05) is 0 Å². The van der Waals surface area contributed by atoms with Crippen molar-refractivity contribution in [1.29, 1.82) is 0 Å². The second kappa shape index (κ2) is 8.67. The molecule has 10 heteroatoms. The first-order chi connectivity index (χ1) is 11.5. The minimum atomic E-state index is -0.537. The van der Waals surface area contributed by atoms with E-state index in [-0.39, 0.29) is 17.5 Å². The third kappa shape index (κ3) is 5.52. The number of amides is 2. The Balaban J connectivity index is 1.72. The van der Waals surface area contributed by atoms with E-state index in [1.165, 1.54) is 12.3 Å². The molecule has 0 aliphatic rings. The highest BCUT2D eigenvalue weighted by Crippen LogP contribution is 2.27. The molecule has 2 amide bonds. The molecule has 0 spiro atoms. The lowest BCUT2D eigenvalue weighted by Crippen LogP contribution is -2.49. The topological polar surface area (TPSA) is 92.6 Å². The summed E-state index contributed by atoms with van der Waals surface area (Å²) in [5, 5.41) is 2.61. The van der Waals surface area contributed by atoms with Crippen LogP contribution < -0.4 is 20.9 Å². The summed E-state index contributed by atoms with van der Waals surface area (Å²) < 4.78 is 11.0. The van der Waals surface area contributed by atoms with E-state index in [1.54, 1.807) is 24.3 Å². The number of furan rings is 1. The highest BCUT2D eigenvalue weighted by Gasteiger charge is 2.11. The lowest BCUT2D eigenvalue weighted by molar-refractivity contribution is -0.123. The van der Waals surface area contributed by atoms with Gasteiger partial charge >= 0.3 is 0 Å². The molecule has 0 saturated carbocycles. The highest BCUT2D eigenvalue weighted by molar-refractivity contribution is 9.10. The number of benzene rings is 1. The predicted octanol–water partition coefficient (Wildman–Crippen LogP) is 2.41. The monoisotopic (exact) mass is 431 g/mol. The molecule has 2 aromatic rings. The van der Waals surface area contributed by atoms with Crippen LogP contribution >= 0.6 is 39.7 Å². The predicted molar refractivity (Wildman–Crippen MR) is 94.7 cm³/mol. The van der Waals surface area contributed by atoms with E-state index in [9.17, 15) is 9.59 Å². The van der Waals surface area contributed by atoms with Crippen LogP contribution in [0.25, 0.3) is 0 Å². The van der Waals surface area contributed by atoms with Crippen LogP contribution in [0, 0.1) is 0 Å². The molecule has 0 bridgehead atoms. The molecule has 0 fully saturated rings. The molecule has 7 nitrogen and oxygen atoms in total. The van der Waals surface area contributed by atoms with Crippen LogP contribution in [0.4, 0.5) is 0 Å². The largest absolute Gasteiger partial charge is 0.482 e. The first-order valence-corrected chi connectivity index (χ1v) is 8.05. The number of hydrogen-bond acceptors (Lipinski definition) is 5. The maximum atomic E-state index is 11.7. The Labute approximate surface area is 155 Å². The first-order valence-electron chi connectivity index (χ1n) is 6.47. The van der Waals surface area contributed by atoms with Gasteiger partial charge in [-0.15, -0.1) is 0 Å².